The van der Waals surface area contributed by atoms with Crippen LogP contribution in [0.3, 0.4) is 0 Å². The van der Waals surface area contributed by atoms with Crippen molar-refractivity contribution in [2.45, 2.75) is 57.8 Å². The fraction of sp³-hybridized carbons (Fsp3) is 0.905. The number of ether oxygens (including phenoxy) is 2. The first-order valence-corrected chi connectivity index (χ1v) is 11.1. The zero-order valence-electron chi connectivity index (χ0n) is 18.5. The van der Waals surface area contributed by atoms with Crippen molar-refractivity contribution in [2.24, 2.45) is 5.92 Å². The standard InChI is InChI=1S/C21H38N4O4/c1-16(2)24-9-7-17(8-10-24)5-6-18-20(29-21(27)22(18)3)25-13-11-23(12-14-25)15-19(26)28-4/h16-18,20H,5-15H2,1-4H3. The smallest absolute Gasteiger partial charge is 0.411 e. The molecule has 8 heteroatoms. The van der Waals surface area contributed by atoms with Gasteiger partial charge in [-0.05, 0) is 58.5 Å². The SMILES string of the molecule is COC(=O)CN1CCN(C2OC(=O)N(C)C2CCC2CCN(C(C)C)CC2)CC1. The number of methoxy groups -OCH3 is 1. The van der Waals surface area contributed by atoms with Gasteiger partial charge in [-0.2, -0.15) is 0 Å². The summed E-state index contributed by atoms with van der Waals surface area (Å²) in [5, 5.41) is 0. The van der Waals surface area contributed by atoms with Gasteiger partial charge in [-0.3, -0.25) is 14.6 Å². The molecule has 3 aliphatic heterocycles. The van der Waals surface area contributed by atoms with Crippen molar-refractivity contribution >= 4 is 12.1 Å². The van der Waals surface area contributed by atoms with Crippen LogP contribution in [0.4, 0.5) is 4.79 Å². The molecule has 0 aromatic rings. The Labute approximate surface area is 175 Å². The van der Waals surface area contributed by atoms with E-state index in [1.54, 1.807) is 4.90 Å². The zero-order valence-corrected chi connectivity index (χ0v) is 18.5. The molecule has 3 fully saturated rings. The number of carbonyl (C=O) groups is 2. The summed E-state index contributed by atoms with van der Waals surface area (Å²) in [5.74, 6) is 0.540. The Morgan fingerprint density at radius 3 is 2.34 bits per heavy atom. The summed E-state index contributed by atoms with van der Waals surface area (Å²) < 4.78 is 10.5. The molecule has 29 heavy (non-hydrogen) atoms. The van der Waals surface area contributed by atoms with Gasteiger partial charge in [0.05, 0.1) is 19.7 Å². The van der Waals surface area contributed by atoms with Gasteiger partial charge >= 0.3 is 12.1 Å². The molecule has 0 spiro atoms. The molecule has 166 valence electrons. The first kappa shape index (κ1) is 22.3. The van der Waals surface area contributed by atoms with Crippen LogP contribution < -0.4 is 0 Å². The minimum atomic E-state index is -0.216. The molecule has 2 unspecified atom stereocenters. The second kappa shape index (κ2) is 10.1. The van der Waals surface area contributed by atoms with Gasteiger partial charge < -0.3 is 19.3 Å². The number of carbonyl (C=O) groups excluding carboxylic acids is 2. The van der Waals surface area contributed by atoms with Crippen LogP contribution in [0.5, 0.6) is 0 Å². The van der Waals surface area contributed by atoms with E-state index >= 15 is 0 Å². The Morgan fingerprint density at radius 2 is 1.76 bits per heavy atom. The number of nitrogens with zero attached hydrogens (tertiary/aromatic N) is 4. The van der Waals surface area contributed by atoms with Crippen LogP contribution in [-0.2, 0) is 14.3 Å². The molecule has 0 bridgehead atoms. The molecule has 2 atom stereocenters. The lowest BCUT2D eigenvalue weighted by Gasteiger charge is -2.39. The van der Waals surface area contributed by atoms with Crippen LogP contribution in [0.15, 0.2) is 0 Å². The van der Waals surface area contributed by atoms with Gasteiger partial charge in [-0.1, -0.05) is 0 Å². The average Bonchev–Trinajstić information content (AvgIpc) is 3.01. The number of likely N-dealkylation sites (N-methyl/N-ethyl adjacent to an activating group) is 1. The number of amides is 1. The topological polar surface area (TPSA) is 65.6 Å². The third-order valence-corrected chi connectivity index (χ3v) is 6.93. The average molecular weight is 411 g/mol. The monoisotopic (exact) mass is 410 g/mol. The Balaban J connectivity index is 1.49. The number of piperidine rings is 1. The highest BCUT2D eigenvalue weighted by atomic mass is 16.6. The maximum Gasteiger partial charge on any atom is 0.411 e. The largest absolute Gasteiger partial charge is 0.468 e. The summed E-state index contributed by atoms with van der Waals surface area (Å²) in [7, 11) is 3.28. The quantitative estimate of drug-likeness (QED) is 0.589. The number of hydrogen-bond acceptors (Lipinski definition) is 7. The Morgan fingerprint density at radius 1 is 1.10 bits per heavy atom. The van der Waals surface area contributed by atoms with E-state index < -0.39 is 0 Å². The van der Waals surface area contributed by atoms with Gasteiger partial charge in [-0.15, -0.1) is 0 Å². The van der Waals surface area contributed by atoms with Crippen LogP contribution in [0.1, 0.15) is 39.5 Å². The minimum absolute atomic E-state index is 0.109. The predicted octanol–water partition coefficient (Wildman–Crippen LogP) is 1.45. The lowest BCUT2D eigenvalue weighted by atomic mass is 9.89. The molecule has 3 heterocycles. The Kier molecular flexibility index (Phi) is 7.76. The van der Waals surface area contributed by atoms with E-state index in [0.29, 0.717) is 12.6 Å². The van der Waals surface area contributed by atoms with Crippen LogP contribution >= 0.6 is 0 Å². The van der Waals surface area contributed by atoms with Crippen LogP contribution in [-0.4, -0.2) is 110 Å². The molecule has 3 aliphatic rings. The van der Waals surface area contributed by atoms with E-state index in [1.165, 1.54) is 33.0 Å². The highest BCUT2D eigenvalue weighted by Gasteiger charge is 2.43. The molecule has 0 N–H and O–H groups in total. The molecule has 3 saturated heterocycles. The van der Waals surface area contributed by atoms with Crippen molar-refractivity contribution < 1.29 is 19.1 Å². The second-order valence-corrected chi connectivity index (χ2v) is 8.99. The van der Waals surface area contributed by atoms with Gasteiger partial charge in [0, 0.05) is 39.3 Å². The summed E-state index contributed by atoms with van der Waals surface area (Å²) >= 11 is 0. The number of rotatable bonds is 7. The van der Waals surface area contributed by atoms with Crippen molar-refractivity contribution in [2.75, 3.05) is 60.0 Å². The highest BCUT2D eigenvalue weighted by Crippen LogP contribution is 2.30. The maximum absolute atomic E-state index is 12.3. The number of piperazine rings is 1. The zero-order chi connectivity index (χ0) is 21.0. The Bertz CT molecular complexity index is 557. The van der Waals surface area contributed by atoms with E-state index in [0.717, 1.165) is 44.9 Å². The van der Waals surface area contributed by atoms with Crippen molar-refractivity contribution in [1.82, 2.24) is 19.6 Å². The first-order valence-electron chi connectivity index (χ1n) is 11.1. The molecule has 1 amide bonds. The van der Waals surface area contributed by atoms with Crippen molar-refractivity contribution in [3.05, 3.63) is 0 Å². The Hall–Kier alpha value is -1.38. The summed E-state index contributed by atoms with van der Waals surface area (Å²) in [6.45, 7) is 10.4. The third kappa shape index (κ3) is 5.61. The molecular formula is C21H38N4O4. The molecule has 0 aromatic carbocycles. The molecule has 0 radical (unpaired) electrons. The highest BCUT2D eigenvalue weighted by molar-refractivity contribution is 5.71. The summed E-state index contributed by atoms with van der Waals surface area (Å²) in [6.07, 6.45) is 4.24. The lowest BCUT2D eigenvalue weighted by molar-refractivity contribution is -0.142. The molecule has 0 aromatic heterocycles. The van der Waals surface area contributed by atoms with Crippen LogP contribution in [0.2, 0.25) is 0 Å². The molecule has 3 rings (SSSR count). The van der Waals surface area contributed by atoms with Gasteiger partial charge in [-0.25, -0.2) is 4.79 Å². The fourth-order valence-corrected chi connectivity index (χ4v) is 4.83. The predicted molar refractivity (Wildman–Crippen MR) is 111 cm³/mol. The summed E-state index contributed by atoms with van der Waals surface area (Å²) in [4.78, 5) is 32.5. The van der Waals surface area contributed by atoms with E-state index in [2.05, 4.69) is 28.5 Å². The number of likely N-dealkylation sites (tertiary alicyclic amines) is 1. The second-order valence-electron chi connectivity index (χ2n) is 8.99. The van der Waals surface area contributed by atoms with Gasteiger partial charge in [0.25, 0.3) is 0 Å². The van der Waals surface area contributed by atoms with E-state index in [9.17, 15) is 9.59 Å². The van der Waals surface area contributed by atoms with E-state index in [-0.39, 0.29) is 24.3 Å². The number of cyclic esters (lactones) is 1. The van der Waals surface area contributed by atoms with Crippen molar-refractivity contribution in [3.63, 3.8) is 0 Å². The first-order chi connectivity index (χ1) is 13.9. The molecule has 0 saturated carbocycles. The third-order valence-electron chi connectivity index (χ3n) is 6.93. The molecular weight excluding hydrogens is 372 g/mol. The number of esters is 1. The molecule has 0 aliphatic carbocycles. The lowest BCUT2D eigenvalue weighted by Crippen LogP contribution is -2.54. The van der Waals surface area contributed by atoms with E-state index in [4.69, 9.17) is 9.47 Å². The summed E-state index contributed by atoms with van der Waals surface area (Å²) in [5.41, 5.74) is 0. The fourth-order valence-electron chi connectivity index (χ4n) is 4.83. The maximum atomic E-state index is 12.3. The van der Waals surface area contributed by atoms with Gasteiger partial charge in [0.15, 0.2) is 6.23 Å². The van der Waals surface area contributed by atoms with Crippen LogP contribution in [0.25, 0.3) is 0 Å². The summed E-state index contributed by atoms with van der Waals surface area (Å²) in [6, 6.07) is 0.739. The minimum Gasteiger partial charge on any atom is -0.468 e. The molecule has 8 nitrogen and oxygen atoms in total. The van der Waals surface area contributed by atoms with Gasteiger partial charge in [0.1, 0.15) is 0 Å². The number of hydrogen-bond donors (Lipinski definition) is 0. The normalized spacial score (nSPS) is 28.2. The van der Waals surface area contributed by atoms with E-state index in [1.807, 2.05) is 7.05 Å². The van der Waals surface area contributed by atoms with Crippen LogP contribution in [0, 0.1) is 5.92 Å². The van der Waals surface area contributed by atoms with Gasteiger partial charge in [0.2, 0.25) is 0 Å². The van der Waals surface area contributed by atoms with Crippen molar-refractivity contribution in [1.29, 1.82) is 0 Å². The van der Waals surface area contributed by atoms with Crippen molar-refractivity contribution in [3.8, 4) is 0 Å².